The first-order valence-electron chi connectivity index (χ1n) is 5.57. The van der Waals surface area contributed by atoms with E-state index >= 15 is 0 Å². The van der Waals surface area contributed by atoms with Crippen molar-refractivity contribution in [1.29, 1.82) is 0 Å². The van der Waals surface area contributed by atoms with Crippen LogP contribution in [0, 0.1) is 0 Å². The molecule has 2 rings (SSSR count). The van der Waals surface area contributed by atoms with Gasteiger partial charge in [0, 0.05) is 4.47 Å². The molecule has 98 valence electrons. The second kappa shape index (κ2) is 6.08. The van der Waals surface area contributed by atoms with Crippen LogP contribution < -0.4 is 5.32 Å². The average Bonchev–Trinajstić information content (AvgIpc) is 2.37. The average molecular weight is 341 g/mol. The van der Waals surface area contributed by atoms with Crippen molar-refractivity contribution in [3.05, 3.63) is 63.6 Å². The Morgan fingerprint density at radius 3 is 2.58 bits per heavy atom. The minimum absolute atomic E-state index is 0.490. The Labute approximate surface area is 124 Å². The van der Waals surface area contributed by atoms with Crippen molar-refractivity contribution in [2.45, 2.75) is 6.04 Å². The topological polar surface area (TPSA) is 49.3 Å². The summed E-state index contributed by atoms with van der Waals surface area (Å²) in [4.78, 5) is 11.4. The van der Waals surface area contributed by atoms with Crippen molar-refractivity contribution in [3.8, 4) is 0 Å². The van der Waals surface area contributed by atoms with E-state index in [1.807, 2.05) is 6.07 Å². The van der Waals surface area contributed by atoms with E-state index in [4.69, 9.17) is 11.6 Å². The molecule has 0 heterocycles. The third-order valence-electron chi connectivity index (χ3n) is 2.60. The highest BCUT2D eigenvalue weighted by Crippen LogP contribution is 2.27. The van der Waals surface area contributed by atoms with Crippen LogP contribution in [0.15, 0.2) is 53.0 Å². The van der Waals surface area contributed by atoms with Crippen LogP contribution in [0.25, 0.3) is 0 Å². The SMILES string of the molecule is O=C(O)C(Nc1ccccc1Cl)c1cccc(Br)c1. The number of anilines is 1. The van der Waals surface area contributed by atoms with Crippen LogP contribution >= 0.6 is 27.5 Å². The molecule has 2 aromatic rings. The van der Waals surface area contributed by atoms with Gasteiger partial charge in [-0.15, -0.1) is 0 Å². The van der Waals surface area contributed by atoms with Gasteiger partial charge >= 0.3 is 5.97 Å². The molecule has 0 radical (unpaired) electrons. The molecule has 0 saturated carbocycles. The fraction of sp³-hybridized carbons (Fsp3) is 0.0714. The molecule has 0 spiro atoms. The van der Waals surface area contributed by atoms with Gasteiger partial charge in [0.15, 0.2) is 6.04 Å². The second-order valence-electron chi connectivity index (χ2n) is 3.95. The number of aliphatic carboxylic acids is 1. The summed E-state index contributed by atoms with van der Waals surface area (Å²) in [6.45, 7) is 0. The zero-order chi connectivity index (χ0) is 13.8. The zero-order valence-corrected chi connectivity index (χ0v) is 12.1. The summed E-state index contributed by atoms with van der Waals surface area (Å²) in [6, 6.07) is 13.4. The molecule has 2 N–H and O–H groups in total. The predicted molar refractivity (Wildman–Crippen MR) is 79.6 cm³/mol. The molecule has 3 nitrogen and oxygen atoms in total. The van der Waals surface area contributed by atoms with E-state index in [0.29, 0.717) is 16.3 Å². The maximum atomic E-state index is 11.4. The van der Waals surface area contributed by atoms with Gasteiger partial charge in [-0.05, 0) is 29.8 Å². The predicted octanol–water partition coefficient (Wildman–Crippen LogP) is 4.34. The van der Waals surface area contributed by atoms with E-state index in [1.54, 1.807) is 42.5 Å². The van der Waals surface area contributed by atoms with Crippen molar-refractivity contribution in [3.63, 3.8) is 0 Å². The molecule has 0 aromatic heterocycles. The van der Waals surface area contributed by atoms with Crippen LogP contribution in [-0.2, 0) is 4.79 Å². The largest absolute Gasteiger partial charge is 0.479 e. The minimum atomic E-state index is -0.960. The first-order chi connectivity index (χ1) is 9.08. The van der Waals surface area contributed by atoms with E-state index in [9.17, 15) is 9.90 Å². The first kappa shape index (κ1) is 13.9. The molecule has 0 amide bonds. The number of carbonyl (C=O) groups is 1. The standard InChI is InChI=1S/C14H11BrClNO2/c15-10-5-3-4-9(8-10)13(14(18)19)17-12-7-2-1-6-11(12)16/h1-8,13,17H,(H,18,19). The number of nitrogens with one attached hydrogen (secondary N) is 1. The van der Waals surface area contributed by atoms with Crippen molar-refractivity contribution in [2.75, 3.05) is 5.32 Å². The van der Waals surface area contributed by atoms with Crippen LogP contribution in [0.5, 0.6) is 0 Å². The van der Waals surface area contributed by atoms with Gasteiger partial charge in [-0.3, -0.25) is 0 Å². The lowest BCUT2D eigenvalue weighted by atomic mass is 10.1. The number of rotatable bonds is 4. The van der Waals surface area contributed by atoms with E-state index < -0.39 is 12.0 Å². The molecule has 0 aliphatic carbocycles. The molecule has 0 aliphatic heterocycles. The molecule has 19 heavy (non-hydrogen) atoms. The Morgan fingerprint density at radius 2 is 1.95 bits per heavy atom. The fourth-order valence-corrected chi connectivity index (χ4v) is 2.31. The van der Waals surface area contributed by atoms with Crippen LogP contribution in [0.4, 0.5) is 5.69 Å². The first-order valence-corrected chi connectivity index (χ1v) is 6.74. The molecular weight excluding hydrogens is 330 g/mol. The number of hydrogen-bond donors (Lipinski definition) is 2. The Bertz CT molecular complexity index is 604. The Hall–Kier alpha value is -1.52. The maximum Gasteiger partial charge on any atom is 0.330 e. The van der Waals surface area contributed by atoms with Gasteiger partial charge in [-0.1, -0.05) is 51.8 Å². The number of hydrogen-bond acceptors (Lipinski definition) is 2. The molecule has 1 unspecified atom stereocenters. The van der Waals surface area contributed by atoms with E-state index in [-0.39, 0.29) is 0 Å². The quantitative estimate of drug-likeness (QED) is 0.870. The summed E-state index contributed by atoms with van der Waals surface area (Å²) in [5.74, 6) is -0.960. The number of halogens is 2. The summed E-state index contributed by atoms with van der Waals surface area (Å²) >= 11 is 9.36. The summed E-state index contributed by atoms with van der Waals surface area (Å²) in [6.07, 6.45) is 0. The molecule has 5 heteroatoms. The van der Waals surface area contributed by atoms with Crippen LogP contribution in [0.1, 0.15) is 11.6 Å². The monoisotopic (exact) mass is 339 g/mol. The highest BCUT2D eigenvalue weighted by Gasteiger charge is 2.20. The van der Waals surface area contributed by atoms with Crippen molar-refractivity contribution < 1.29 is 9.90 Å². The number of para-hydroxylation sites is 1. The second-order valence-corrected chi connectivity index (χ2v) is 5.27. The summed E-state index contributed by atoms with van der Waals surface area (Å²) in [7, 11) is 0. The molecule has 1 atom stereocenters. The molecule has 0 aliphatic rings. The number of carboxylic acid groups (broad SMARTS) is 1. The normalized spacial score (nSPS) is 11.9. The summed E-state index contributed by atoms with van der Waals surface area (Å²) in [5, 5.41) is 12.8. The van der Waals surface area contributed by atoms with Crippen LogP contribution in [0.3, 0.4) is 0 Å². The van der Waals surface area contributed by atoms with Gasteiger partial charge in [-0.25, -0.2) is 4.79 Å². The van der Waals surface area contributed by atoms with E-state index in [1.165, 1.54) is 0 Å². The van der Waals surface area contributed by atoms with Gasteiger partial charge in [0.1, 0.15) is 0 Å². The summed E-state index contributed by atoms with van der Waals surface area (Å²) in [5.41, 5.74) is 1.25. The van der Waals surface area contributed by atoms with Gasteiger partial charge in [0.25, 0.3) is 0 Å². The lowest BCUT2D eigenvalue weighted by molar-refractivity contribution is -0.138. The number of benzene rings is 2. The molecule has 0 saturated heterocycles. The highest BCUT2D eigenvalue weighted by atomic mass is 79.9. The van der Waals surface area contributed by atoms with Crippen molar-refractivity contribution in [1.82, 2.24) is 0 Å². The fourth-order valence-electron chi connectivity index (χ4n) is 1.71. The number of carboxylic acids is 1. The van der Waals surface area contributed by atoms with Gasteiger partial charge in [0.2, 0.25) is 0 Å². The lowest BCUT2D eigenvalue weighted by Crippen LogP contribution is -2.20. The van der Waals surface area contributed by atoms with Crippen LogP contribution in [0.2, 0.25) is 5.02 Å². The van der Waals surface area contributed by atoms with E-state index in [0.717, 1.165) is 4.47 Å². The zero-order valence-electron chi connectivity index (χ0n) is 9.81. The molecular formula is C14H11BrClNO2. The smallest absolute Gasteiger partial charge is 0.330 e. The van der Waals surface area contributed by atoms with Crippen LogP contribution in [-0.4, -0.2) is 11.1 Å². The molecule has 0 fully saturated rings. The Balaban J connectivity index is 2.32. The third kappa shape index (κ3) is 3.49. The Kier molecular flexibility index (Phi) is 4.45. The van der Waals surface area contributed by atoms with E-state index in [2.05, 4.69) is 21.2 Å². The Morgan fingerprint density at radius 1 is 1.21 bits per heavy atom. The molecule has 0 bridgehead atoms. The van der Waals surface area contributed by atoms with Gasteiger partial charge in [0.05, 0.1) is 10.7 Å². The van der Waals surface area contributed by atoms with Crippen molar-refractivity contribution in [2.24, 2.45) is 0 Å². The summed E-state index contributed by atoms with van der Waals surface area (Å²) < 4.78 is 0.831. The highest BCUT2D eigenvalue weighted by molar-refractivity contribution is 9.10. The van der Waals surface area contributed by atoms with Gasteiger partial charge < -0.3 is 10.4 Å². The lowest BCUT2D eigenvalue weighted by Gasteiger charge is -2.17. The molecule has 2 aromatic carbocycles. The third-order valence-corrected chi connectivity index (χ3v) is 3.43. The minimum Gasteiger partial charge on any atom is -0.479 e. The van der Waals surface area contributed by atoms with Crippen molar-refractivity contribution >= 4 is 39.2 Å². The maximum absolute atomic E-state index is 11.4. The van der Waals surface area contributed by atoms with Gasteiger partial charge in [-0.2, -0.15) is 0 Å².